The molecule has 3 rings (SSSR count). The molecule has 1 aliphatic heterocycles. The Bertz CT molecular complexity index is 532. The highest BCUT2D eigenvalue weighted by molar-refractivity contribution is 6.30. The molecule has 20 heavy (non-hydrogen) atoms. The van der Waals surface area contributed by atoms with Crippen molar-refractivity contribution in [3.63, 3.8) is 0 Å². The maximum absolute atomic E-state index is 5.94. The van der Waals surface area contributed by atoms with Gasteiger partial charge in [0.25, 0.3) is 0 Å². The van der Waals surface area contributed by atoms with Crippen LogP contribution in [0.2, 0.25) is 5.02 Å². The van der Waals surface area contributed by atoms with E-state index in [0.717, 1.165) is 23.5 Å². The van der Waals surface area contributed by atoms with Crippen molar-refractivity contribution in [1.82, 2.24) is 9.97 Å². The Morgan fingerprint density at radius 2 is 1.95 bits per heavy atom. The number of anilines is 1. The van der Waals surface area contributed by atoms with Crippen molar-refractivity contribution in [2.75, 3.05) is 5.06 Å². The Hall–Kier alpha value is -1.65. The van der Waals surface area contributed by atoms with Crippen LogP contribution in [-0.2, 0) is 4.84 Å². The van der Waals surface area contributed by atoms with Crippen LogP contribution in [0.1, 0.15) is 30.8 Å². The van der Waals surface area contributed by atoms with E-state index < -0.39 is 0 Å². The summed E-state index contributed by atoms with van der Waals surface area (Å²) >= 11 is 5.94. The quantitative estimate of drug-likeness (QED) is 0.845. The predicted octanol–water partition coefficient (Wildman–Crippen LogP) is 3.71. The minimum atomic E-state index is 0.0827. The average molecular weight is 290 g/mol. The van der Waals surface area contributed by atoms with Gasteiger partial charge in [0, 0.05) is 17.6 Å². The maximum atomic E-state index is 5.94. The normalized spacial score (nSPS) is 22.2. The largest absolute Gasteiger partial charge is 0.270 e. The third kappa shape index (κ3) is 2.62. The fourth-order valence-electron chi connectivity index (χ4n) is 2.36. The summed E-state index contributed by atoms with van der Waals surface area (Å²) in [4.78, 5) is 14.7. The lowest BCUT2D eigenvalue weighted by Gasteiger charge is -2.24. The molecule has 2 aromatic rings. The molecule has 104 valence electrons. The molecule has 0 spiro atoms. The van der Waals surface area contributed by atoms with Gasteiger partial charge < -0.3 is 0 Å². The highest BCUT2D eigenvalue weighted by atomic mass is 35.5. The summed E-state index contributed by atoms with van der Waals surface area (Å²) in [6, 6.07) is 7.71. The molecule has 1 aromatic heterocycles. The van der Waals surface area contributed by atoms with Crippen molar-refractivity contribution in [3.05, 3.63) is 53.1 Å². The second-order valence-electron chi connectivity index (χ2n) is 5.05. The lowest BCUT2D eigenvalue weighted by Crippen LogP contribution is -2.22. The van der Waals surface area contributed by atoms with Crippen molar-refractivity contribution >= 4 is 17.3 Å². The van der Waals surface area contributed by atoms with Crippen molar-refractivity contribution in [3.8, 4) is 0 Å². The highest BCUT2D eigenvalue weighted by Crippen LogP contribution is 2.37. The molecule has 0 aliphatic carbocycles. The minimum Gasteiger partial charge on any atom is -0.270 e. The Kier molecular flexibility index (Phi) is 3.59. The number of nitrogens with zero attached hydrogens (tertiary/aromatic N) is 3. The molecule has 5 heteroatoms. The van der Waals surface area contributed by atoms with Gasteiger partial charge >= 0.3 is 0 Å². The van der Waals surface area contributed by atoms with Crippen LogP contribution in [0.25, 0.3) is 0 Å². The number of halogens is 1. The van der Waals surface area contributed by atoms with Gasteiger partial charge in [-0.15, -0.1) is 0 Å². The van der Waals surface area contributed by atoms with Gasteiger partial charge in [-0.2, -0.15) is 0 Å². The molecule has 0 saturated carbocycles. The lowest BCUT2D eigenvalue weighted by atomic mass is 10.1. The first-order valence-electron chi connectivity index (χ1n) is 6.63. The summed E-state index contributed by atoms with van der Waals surface area (Å²) in [7, 11) is 0. The van der Waals surface area contributed by atoms with Crippen LogP contribution < -0.4 is 5.06 Å². The van der Waals surface area contributed by atoms with Gasteiger partial charge in [0.05, 0.1) is 29.4 Å². The minimum absolute atomic E-state index is 0.0827. The Labute approximate surface area is 123 Å². The Morgan fingerprint density at radius 3 is 2.60 bits per heavy atom. The summed E-state index contributed by atoms with van der Waals surface area (Å²) in [5.74, 6) is 0. The molecule has 2 heterocycles. The van der Waals surface area contributed by atoms with E-state index in [1.807, 2.05) is 42.4 Å². The monoisotopic (exact) mass is 289 g/mol. The van der Waals surface area contributed by atoms with Gasteiger partial charge in [-0.1, -0.05) is 11.6 Å². The number of hydrogen-bond acceptors (Lipinski definition) is 4. The van der Waals surface area contributed by atoms with Crippen LogP contribution in [0.4, 0.5) is 5.69 Å². The zero-order chi connectivity index (χ0) is 14.1. The van der Waals surface area contributed by atoms with E-state index in [-0.39, 0.29) is 12.1 Å². The number of aryl methyl sites for hydroxylation is 1. The number of hydroxylamine groups is 1. The standard InChI is InChI=1S/C15H16ClN3O/c1-10-8-18-14(9-17-10)15-7-11(2)20-19(15)13-5-3-12(16)4-6-13/h3-6,8-9,11,15H,7H2,1-2H3. The van der Waals surface area contributed by atoms with Crippen molar-refractivity contribution < 1.29 is 4.84 Å². The van der Waals surface area contributed by atoms with Crippen molar-refractivity contribution in [1.29, 1.82) is 0 Å². The highest BCUT2D eigenvalue weighted by Gasteiger charge is 2.33. The molecular formula is C15H16ClN3O. The first kappa shape index (κ1) is 13.3. The molecule has 4 nitrogen and oxygen atoms in total. The molecule has 0 radical (unpaired) electrons. The van der Waals surface area contributed by atoms with Gasteiger partial charge in [-0.3, -0.25) is 14.8 Å². The van der Waals surface area contributed by atoms with Crippen LogP contribution in [0.5, 0.6) is 0 Å². The van der Waals surface area contributed by atoms with Gasteiger partial charge in [0.1, 0.15) is 6.04 Å². The molecule has 0 bridgehead atoms. The number of hydrogen-bond donors (Lipinski definition) is 0. The summed E-state index contributed by atoms with van der Waals surface area (Å²) in [5, 5.41) is 2.62. The smallest absolute Gasteiger partial charge is 0.103 e. The van der Waals surface area contributed by atoms with Crippen LogP contribution in [0.3, 0.4) is 0 Å². The molecule has 1 aromatic carbocycles. The Morgan fingerprint density at radius 1 is 1.20 bits per heavy atom. The molecular weight excluding hydrogens is 274 g/mol. The van der Waals surface area contributed by atoms with Gasteiger partial charge in [0.2, 0.25) is 0 Å². The zero-order valence-electron chi connectivity index (χ0n) is 11.5. The SMILES string of the molecule is Cc1cnc(C2CC(C)ON2c2ccc(Cl)cc2)cn1. The molecule has 1 aliphatic rings. The van der Waals surface area contributed by atoms with Gasteiger partial charge in [0.15, 0.2) is 0 Å². The summed E-state index contributed by atoms with van der Waals surface area (Å²) < 4.78 is 0. The maximum Gasteiger partial charge on any atom is 0.103 e. The molecule has 2 atom stereocenters. The molecule has 0 N–H and O–H groups in total. The third-order valence-electron chi connectivity index (χ3n) is 3.36. The van der Waals surface area contributed by atoms with E-state index in [4.69, 9.17) is 16.4 Å². The van der Waals surface area contributed by atoms with Gasteiger partial charge in [-0.25, -0.2) is 5.06 Å². The van der Waals surface area contributed by atoms with Crippen LogP contribution in [-0.4, -0.2) is 16.1 Å². The topological polar surface area (TPSA) is 38.2 Å². The summed E-state index contributed by atoms with van der Waals surface area (Å²) in [5.41, 5.74) is 2.82. The van der Waals surface area contributed by atoms with Crippen LogP contribution in [0.15, 0.2) is 36.7 Å². The molecule has 0 amide bonds. The van der Waals surface area contributed by atoms with Crippen molar-refractivity contribution in [2.24, 2.45) is 0 Å². The van der Waals surface area contributed by atoms with Crippen molar-refractivity contribution in [2.45, 2.75) is 32.4 Å². The third-order valence-corrected chi connectivity index (χ3v) is 3.61. The molecule has 1 saturated heterocycles. The average Bonchev–Trinajstić information content (AvgIpc) is 2.82. The first-order valence-corrected chi connectivity index (χ1v) is 7.01. The summed E-state index contributed by atoms with van der Waals surface area (Å²) in [6.45, 7) is 3.99. The number of rotatable bonds is 2. The number of aromatic nitrogens is 2. The lowest BCUT2D eigenvalue weighted by molar-refractivity contribution is 0.0957. The van der Waals surface area contributed by atoms with E-state index in [1.165, 1.54) is 0 Å². The zero-order valence-corrected chi connectivity index (χ0v) is 12.2. The fraction of sp³-hybridized carbons (Fsp3) is 0.333. The molecule has 1 fully saturated rings. The first-order chi connectivity index (χ1) is 9.63. The second-order valence-corrected chi connectivity index (χ2v) is 5.49. The van der Waals surface area contributed by atoms with E-state index in [9.17, 15) is 0 Å². The number of benzene rings is 1. The van der Waals surface area contributed by atoms with E-state index in [1.54, 1.807) is 6.20 Å². The van der Waals surface area contributed by atoms with E-state index in [0.29, 0.717) is 5.02 Å². The van der Waals surface area contributed by atoms with E-state index in [2.05, 4.69) is 16.9 Å². The van der Waals surface area contributed by atoms with Gasteiger partial charge in [-0.05, 0) is 38.1 Å². The fourth-order valence-corrected chi connectivity index (χ4v) is 2.49. The van der Waals surface area contributed by atoms with E-state index >= 15 is 0 Å². The second kappa shape index (κ2) is 5.38. The Balaban J connectivity index is 1.92. The van der Waals surface area contributed by atoms with Crippen LogP contribution >= 0.6 is 11.6 Å². The van der Waals surface area contributed by atoms with Crippen LogP contribution in [0, 0.1) is 6.92 Å². The predicted molar refractivity (Wildman–Crippen MR) is 78.6 cm³/mol. The summed E-state index contributed by atoms with van der Waals surface area (Å²) in [6.07, 6.45) is 4.65. The molecule has 2 unspecified atom stereocenters.